The summed E-state index contributed by atoms with van der Waals surface area (Å²) >= 11 is 0. The van der Waals surface area contributed by atoms with Gasteiger partial charge in [0, 0.05) is 12.8 Å². The fraction of sp³-hybridized carbons (Fsp3) is 0.636. The molecule has 6 nitrogen and oxygen atoms in total. The van der Waals surface area contributed by atoms with Gasteiger partial charge in [-0.15, -0.1) is 0 Å². The number of nitrogens with zero attached hydrogens (tertiary/aromatic N) is 2. The minimum Gasteiger partial charge on any atom is -0.382 e. The summed E-state index contributed by atoms with van der Waals surface area (Å²) in [6.45, 7) is 4.84. The first-order valence-electron chi connectivity index (χ1n) is 5.71. The summed E-state index contributed by atoms with van der Waals surface area (Å²) < 4.78 is 6.99. The van der Waals surface area contributed by atoms with Crippen molar-refractivity contribution in [1.29, 1.82) is 0 Å². The average molecular weight is 238 g/mol. The lowest BCUT2D eigenvalue weighted by Crippen LogP contribution is -2.51. The molecule has 0 radical (unpaired) electrons. The van der Waals surface area contributed by atoms with Crippen molar-refractivity contribution in [2.24, 2.45) is 0 Å². The second kappa shape index (κ2) is 4.37. The van der Waals surface area contributed by atoms with Gasteiger partial charge in [-0.1, -0.05) is 0 Å². The Kier molecular flexibility index (Phi) is 3.06. The van der Waals surface area contributed by atoms with Gasteiger partial charge in [-0.05, 0) is 26.3 Å². The van der Waals surface area contributed by atoms with Crippen molar-refractivity contribution in [3.05, 3.63) is 12.3 Å². The summed E-state index contributed by atoms with van der Waals surface area (Å²) in [4.78, 5) is 11.9. The first kappa shape index (κ1) is 11.9. The zero-order chi connectivity index (χ0) is 12.5. The molecule has 0 aromatic carbocycles. The van der Waals surface area contributed by atoms with Crippen molar-refractivity contribution < 1.29 is 9.53 Å². The van der Waals surface area contributed by atoms with Crippen LogP contribution < -0.4 is 11.1 Å². The van der Waals surface area contributed by atoms with Gasteiger partial charge in [-0.3, -0.25) is 9.48 Å². The molecule has 0 bridgehead atoms. The zero-order valence-corrected chi connectivity index (χ0v) is 10.1. The predicted molar refractivity (Wildman–Crippen MR) is 63.2 cm³/mol. The van der Waals surface area contributed by atoms with Crippen LogP contribution in [0.5, 0.6) is 0 Å². The Morgan fingerprint density at radius 2 is 2.59 bits per heavy atom. The lowest BCUT2D eigenvalue weighted by Gasteiger charge is -2.28. The fourth-order valence-corrected chi connectivity index (χ4v) is 1.97. The van der Waals surface area contributed by atoms with Gasteiger partial charge in [-0.2, -0.15) is 5.10 Å². The Hall–Kier alpha value is -1.56. The first-order chi connectivity index (χ1) is 7.99. The summed E-state index contributed by atoms with van der Waals surface area (Å²) in [7, 11) is 0. The molecular weight excluding hydrogens is 220 g/mol. The van der Waals surface area contributed by atoms with Gasteiger partial charge in [0.2, 0.25) is 5.91 Å². The number of amides is 1. The van der Waals surface area contributed by atoms with Crippen LogP contribution in [0.25, 0.3) is 0 Å². The third-order valence-electron chi connectivity index (χ3n) is 3.28. The molecule has 2 unspecified atom stereocenters. The number of ether oxygens (including phenoxy) is 1. The van der Waals surface area contributed by atoms with Crippen molar-refractivity contribution in [2.45, 2.75) is 38.5 Å². The summed E-state index contributed by atoms with van der Waals surface area (Å²) in [5.41, 5.74) is 5.20. The number of nitrogen functional groups attached to an aromatic ring is 1. The average Bonchev–Trinajstić information content (AvgIpc) is 2.75. The molecule has 1 aromatic heterocycles. The molecular formula is C11H18N4O2. The van der Waals surface area contributed by atoms with Crippen LogP contribution >= 0.6 is 0 Å². The van der Waals surface area contributed by atoms with Crippen LogP contribution in [0.15, 0.2) is 12.3 Å². The monoisotopic (exact) mass is 238 g/mol. The van der Waals surface area contributed by atoms with Crippen molar-refractivity contribution in [3.63, 3.8) is 0 Å². The summed E-state index contributed by atoms with van der Waals surface area (Å²) in [6.07, 6.45) is 2.56. The van der Waals surface area contributed by atoms with Gasteiger partial charge in [0.25, 0.3) is 0 Å². The lowest BCUT2D eigenvalue weighted by atomic mass is 9.95. The van der Waals surface area contributed by atoms with Gasteiger partial charge in [-0.25, -0.2) is 0 Å². The molecule has 6 heteroatoms. The number of carbonyl (C=O) groups is 1. The first-order valence-corrected chi connectivity index (χ1v) is 5.71. The van der Waals surface area contributed by atoms with Gasteiger partial charge in [0.15, 0.2) is 0 Å². The van der Waals surface area contributed by atoms with Crippen LogP contribution in [0.3, 0.4) is 0 Å². The Morgan fingerprint density at radius 1 is 1.82 bits per heavy atom. The Bertz CT molecular complexity index is 417. The van der Waals surface area contributed by atoms with E-state index in [1.54, 1.807) is 12.3 Å². The number of hydrogen-bond donors (Lipinski definition) is 2. The van der Waals surface area contributed by atoms with Crippen LogP contribution in [0.2, 0.25) is 0 Å². The number of nitrogens with one attached hydrogen (secondary N) is 1. The van der Waals surface area contributed by atoms with Gasteiger partial charge < -0.3 is 15.8 Å². The molecule has 1 saturated heterocycles. The van der Waals surface area contributed by atoms with Crippen molar-refractivity contribution >= 4 is 11.7 Å². The van der Waals surface area contributed by atoms with E-state index in [9.17, 15) is 4.79 Å². The summed E-state index contributed by atoms with van der Waals surface area (Å²) in [5, 5.41) is 6.97. The second-order valence-corrected chi connectivity index (χ2v) is 4.67. The van der Waals surface area contributed by atoms with Crippen molar-refractivity contribution in [1.82, 2.24) is 15.1 Å². The van der Waals surface area contributed by atoms with Crippen molar-refractivity contribution in [3.8, 4) is 0 Å². The normalized spacial score (nSPS) is 28.2. The molecule has 1 aliphatic rings. The Labute approximate surface area is 100 Å². The molecule has 94 valence electrons. The fourth-order valence-electron chi connectivity index (χ4n) is 1.97. The number of hydrogen-bond acceptors (Lipinski definition) is 4. The number of anilines is 1. The van der Waals surface area contributed by atoms with E-state index in [0.717, 1.165) is 6.42 Å². The molecule has 1 aliphatic heterocycles. The van der Waals surface area contributed by atoms with E-state index in [2.05, 4.69) is 10.4 Å². The van der Waals surface area contributed by atoms with E-state index < -0.39 is 0 Å². The predicted octanol–water partition coefficient (Wildman–Crippen LogP) is 0.149. The Morgan fingerprint density at radius 3 is 3.12 bits per heavy atom. The standard InChI is InChI=1S/C11H18N4O2/c1-8-11(2,4-6-17-8)13-10(16)7-15-5-3-9(12)14-15/h3,5,8H,4,6-7H2,1-2H3,(H2,12,14)(H,13,16). The minimum absolute atomic E-state index is 0.0362. The van der Waals surface area contributed by atoms with E-state index in [-0.39, 0.29) is 24.1 Å². The topological polar surface area (TPSA) is 82.2 Å². The van der Waals surface area contributed by atoms with E-state index >= 15 is 0 Å². The van der Waals surface area contributed by atoms with Gasteiger partial charge in [0.05, 0.1) is 11.6 Å². The maximum atomic E-state index is 11.9. The lowest BCUT2D eigenvalue weighted by molar-refractivity contribution is -0.124. The molecule has 2 heterocycles. The Balaban J connectivity index is 1.93. The van der Waals surface area contributed by atoms with Crippen LogP contribution in [0, 0.1) is 0 Å². The smallest absolute Gasteiger partial charge is 0.242 e. The third-order valence-corrected chi connectivity index (χ3v) is 3.28. The van der Waals surface area contributed by atoms with Gasteiger partial charge >= 0.3 is 0 Å². The number of nitrogens with two attached hydrogens (primary N) is 1. The minimum atomic E-state index is -0.282. The SMILES string of the molecule is CC1OCCC1(C)NC(=O)Cn1ccc(N)n1. The number of carbonyl (C=O) groups excluding carboxylic acids is 1. The molecule has 1 fully saturated rings. The highest BCUT2D eigenvalue weighted by molar-refractivity contribution is 5.76. The van der Waals surface area contributed by atoms with Crippen LogP contribution in [0.4, 0.5) is 5.82 Å². The van der Waals surface area contributed by atoms with Crippen LogP contribution in [-0.2, 0) is 16.1 Å². The molecule has 0 spiro atoms. The number of aromatic nitrogens is 2. The second-order valence-electron chi connectivity index (χ2n) is 4.67. The van der Waals surface area contributed by atoms with E-state index in [1.165, 1.54) is 4.68 Å². The molecule has 17 heavy (non-hydrogen) atoms. The van der Waals surface area contributed by atoms with E-state index in [1.807, 2.05) is 13.8 Å². The quantitative estimate of drug-likeness (QED) is 0.785. The van der Waals surface area contributed by atoms with E-state index in [0.29, 0.717) is 12.4 Å². The molecule has 1 amide bonds. The third kappa shape index (κ3) is 2.58. The highest BCUT2D eigenvalue weighted by Gasteiger charge is 2.38. The molecule has 2 rings (SSSR count). The van der Waals surface area contributed by atoms with Crippen LogP contribution in [0.1, 0.15) is 20.3 Å². The maximum Gasteiger partial charge on any atom is 0.242 e. The summed E-state index contributed by atoms with van der Waals surface area (Å²) in [5.74, 6) is 0.342. The molecule has 3 N–H and O–H groups in total. The van der Waals surface area contributed by atoms with E-state index in [4.69, 9.17) is 10.5 Å². The highest BCUT2D eigenvalue weighted by Crippen LogP contribution is 2.24. The maximum absolute atomic E-state index is 11.9. The zero-order valence-electron chi connectivity index (χ0n) is 10.1. The summed E-state index contributed by atoms with van der Waals surface area (Å²) in [6, 6.07) is 1.66. The molecule has 1 aromatic rings. The molecule has 0 saturated carbocycles. The van der Waals surface area contributed by atoms with Crippen LogP contribution in [-0.4, -0.2) is 33.9 Å². The highest BCUT2D eigenvalue weighted by atomic mass is 16.5. The number of rotatable bonds is 3. The largest absolute Gasteiger partial charge is 0.382 e. The molecule has 0 aliphatic carbocycles. The molecule has 2 atom stereocenters. The van der Waals surface area contributed by atoms with Crippen molar-refractivity contribution in [2.75, 3.05) is 12.3 Å². The van der Waals surface area contributed by atoms with Gasteiger partial charge in [0.1, 0.15) is 12.4 Å².